The highest BCUT2D eigenvalue weighted by Crippen LogP contribution is 2.22. The van der Waals surface area contributed by atoms with E-state index in [1.165, 1.54) is 30.6 Å². The van der Waals surface area contributed by atoms with Crippen LogP contribution in [-0.4, -0.2) is 14.9 Å². The van der Waals surface area contributed by atoms with Crippen LogP contribution in [-0.2, 0) is 6.54 Å². The van der Waals surface area contributed by atoms with Crippen LogP contribution in [0.4, 0.5) is 0 Å². The van der Waals surface area contributed by atoms with Crippen molar-refractivity contribution in [1.29, 1.82) is 0 Å². The van der Waals surface area contributed by atoms with E-state index in [-0.39, 0.29) is 0 Å². The van der Waals surface area contributed by atoms with Crippen molar-refractivity contribution >= 4 is 27.0 Å². The van der Waals surface area contributed by atoms with Crippen LogP contribution in [0.5, 0.6) is 0 Å². The fourth-order valence-electron chi connectivity index (χ4n) is 2.31. The van der Waals surface area contributed by atoms with Crippen molar-refractivity contribution in [2.75, 3.05) is 5.33 Å². The maximum Gasteiger partial charge on any atom is 0.112 e. The number of imidazole rings is 1. The van der Waals surface area contributed by atoms with E-state index in [2.05, 4.69) is 58.6 Å². The molecule has 0 aliphatic rings. The lowest BCUT2D eigenvalue weighted by Gasteiger charge is -2.11. The standard InChI is InChI=1S/C15H21BrN2/c1-12(2)15-17-13-8-4-5-9-14(13)18(15)11-7-3-6-10-16/h4-5,8-9,12H,3,6-7,10-11H2,1-2H3. The minimum Gasteiger partial charge on any atom is -0.328 e. The first-order chi connectivity index (χ1) is 8.74. The lowest BCUT2D eigenvalue weighted by atomic mass is 10.2. The zero-order valence-electron chi connectivity index (χ0n) is 11.2. The second-order valence-corrected chi connectivity index (χ2v) is 5.81. The quantitative estimate of drug-likeness (QED) is 0.557. The maximum atomic E-state index is 4.76. The smallest absolute Gasteiger partial charge is 0.112 e. The molecule has 0 unspecified atom stereocenters. The largest absolute Gasteiger partial charge is 0.328 e. The first kappa shape index (κ1) is 13.6. The molecule has 0 aliphatic carbocycles. The number of benzene rings is 1. The van der Waals surface area contributed by atoms with Crippen molar-refractivity contribution in [3.63, 3.8) is 0 Å². The van der Waals surface area contributed by atoms with E-state index < -0.39 is 0 Å². The summed E-state index contributed by atoms with van der Waals surface area (Å²) >= 11 is 3.49. The molecule has 2 rings (SSSR count). The zero-order valence-corrected chi connectivity index (χ0v) is 12.8. The molecule has 0 amide bonds. The van der Waals surface area contributed by atoms with Crippen LogP contribution < -0.4 is 0 Å². The van der Waals surface area contributed by atoms with Crippen LogP contribution in [0, 0.1) is 0 Å². The number of fused-ring (bicyclic) bond motifs is 1. The number of aryl methyl sites for hydroxylation is 1. The SMILES string of the molecule is CC(C)c1nc2ccccc2n1CCCCCBr. The van der Waals surface area contributed by atoms with E-state index in [1.54, 1.807) is 0 Å². The molecule has 2 aromatic rings. The minimum atomic E-state index is 0.480. The normalized spacial score (nSPS) is 11.6. The van der Waals surface area contributed by atoms with Crippen LogP contribution in [0.2, 0.25) is 0 Å². The lowest BCUT2D eigenvalue weighted by molar-refractivity contribution is 0.578. The lowest BCUT2D eigenvalue weighted by Crippen LogP contribution is -2.05. The van der Waals surface area contributed by atoms with Crippen molar-refractivity contribution in [3.8, 4) is 0 Å². The van der Waals surface area contributed by atoms with Gasteiger partial charge in [-0.1, -0.05) is 48.3 Å². The molecule has 2 nitrogen and oxygen atoms in total. The van der Waals surface area contributed by atoms with E-state index in [1.807, 2.05) is 0 Å². The summed E-state index contributed by atoms with van der Waals surface area (Å²) < 4.78 is 2.40. The Morgan fingerprint density at radius 2 is 1.94 bits per heavy atom. The molecule has 0 atom stereocenters. The van der Waals surface area contributed by atoms with Crippen molar-refractivity contribution in [2.24, 2.45) is 0 Å². The third-order valence-corrected chi connectivity index (χ3v) is 3.78. The van der Waals surface area contributed by atoms with Gasteiger partial charge in [0, 0.05) is 17.8 Å². The Morgan fingerprint density at radius 3 is 2.67 bits per heavy atom. The Bertz CT molecular complexity index is 502. The average molecular weight is 309 g/mol. The van der Waals surface area contributed by atoms with Crippen LogP contribution in [0.25, 0.3) is 11.0 Å². The summed E-state index contributed by atoms with van der Waals surface area (Å²) in [6.07, 6.45) is 3.75. The predicted molar refractivity (Wildman–Crippen MR) is 81.5 cm³/mol. The Balaban J connectivity index is 2.24. The summed E-state index contributed by atoms with van der Waals surface area (Å²) in [6.45, 7) is 5.52. The molecule has 0 saturated carbocycles. The monoisotopic (exact) mass is 308 g/mol. The van der Waals surface area contributed by atoms with Gasteiger partial charge in [0.05, 0.1) is 11.0 Å². The van der Waals surface area contributed by atoms with Gasteiger partial charge in [0.25, 0.3) is 0 Å². The fraction of sp³-hybridized carbons (Fsp3) is 0.533. The zero-order chi connectivity index (χ0) is 13.0. The van der Waals surface area contributed by atoms with Crippen LogP contribution in [0.3, 0.4) is 0 Å². The number of halogens is 1. The number of para-hydroxylation sites is 2. The fourth-order valence-corrected chi connectivity index (χ4v) is 2.71. The highest BCUT2D eigenvalue weighted by molar-refractivity contribution is 9.09. The van der Waals surface area contributed by atoms with Crippen LogP contribution >= 0.6 is 15.9 Å². The molecule has 0 fully saturated rings. The van der Waals surface area contributed by atoms with Crippen LogP contribution in [0.15, 0.2) is 24.3 Å². The molecule has 1 aromatic heterocycles. The number of alkyl halides is 1. The highest BCUT2D eigenvalue weighted by atomic mass is 79.9. The topological polar surface area (TPSA) is 17.8 Å². The number of hydrogen-bond acceptors (Lipinski definition) is 1. The third-order valence-electron chi connectivity index (χ3n) is 3.22. The molecule has 98 valence electrons. The average Bonchev–Trinajstić information content (AvgIpc) is 2.74. The number of aromatic nitrogens is 2. The molecule has 0 aliphatic heterocycles. The minimum absolute atomic E-state index is 0.480. The second kappa shape index (κ2) is 6.37. The molecular weight excluding hydrogens is 288 g/mol. The molecule has 1 heterocycles. The molecule has 0 saturated heterocycles. The summed E-state index contributed by atoms with van der Waals surface area (Å²) in [4.78, 5) is 4.76. The maximum absolute atomic E-state index is 4.76. The van der Waals surface area contributed by atoms with Gasteiger partial charge in [0.1, 0.15) is 5.82 Å². The predicted octanol–water partition coefficient (Wildman–Crippen LogP) is 4.72. The van der Waals surface area contributed by atoms with Gasteiger partial charge >= 0.3 is 0 Å². The van der Waals surface area contributed by atoms with Gasteiger partial charge in [-0.25, -0.2) is 4.98 Å². The van der Waals surface area contributed by atoms with Crippen LogP contribution in [0.1, 0.15) is 44.9 Å². The summed E-state index contributed by atoms with van der Waals surface area (Å²) in [5, 5.41) is 1.11. The number of nitrogens with zero attached hydrogens (tertiary/aromatic N) is 2. The number of unbranched alkanes of at least 4 members (excludes halogenated alkanes) is 2. The molecular formula is C15H21BrN2. The van der Waals surface area contributed by atoms with E-state index in [4.69, 9.17) is 4.98 Å². The molecule has 3 heteroatoms. The van der Waals surface area contributed by atoms with Crippen molar-refractivity contribution < 1.29 is 0 Å². The van der Waals surface area contributed by atoms with Gasteiger partial charge in [0.15, 0.2) is 0 Å². The first-order valence-corrected chi connectivity index (χ1v) is 7.87. The van der Waals surface area contributed by atoms with E-state index in [9.17, 15) is 0 Å². The molecule has 1 aromatic carbocycles. The Kier molecular flexibility index (Phi) is 4.81. The Labute approximate surface area is 118 Å². The van der Waals surface area contributed by atoms with Gasteiger partial charge in [-0.2, -0.15) is 0 Å². The van der Waals surface area contributed by atoms with E-state index in [0.29, 0.717) is 5.92 Å². The number of hydrogen-bond donors (Lipinski definition) is 0. The summed E-state index contributed by atoms with van der Waals surface area (Å²) in [5.74, 6) is 1.70. The van der Waals surface area contributed by atoms with Gasteiger partial charge < -0.3 is 4.57 Å². The third kappa shape index (κ3) is 2.94. The van der Waals surface area contributed by atoms with E-state index in [0.717, 1.165) is 17.4 Å². The molecule has 0 N–H and O–H groups in total. The summed E-state index contributed by atoms with van der Waals surface area (Å²) in [5.41, 5.74) is 2.40. The number of rotatable bonds is 6. The van der Waals surface area contributed by atoms with Crippen molar-refractivity contribution in [2.45, 2.75) is 45.6 Å². The van der Waals surface area contributed by atoms with Crippen molar-refractivity contribution in [1.82, 2.24) is 9.55 Å². The molecule has 0 radical (unpaired) electrons. The second-order valence-electron chi connectivity index (χ2n) is 5.01. The highest BCUT2D eigenvalue weighted by Gasteiger charge is 2.12. The van der Waals surface area contributed by atoms with E-state index >= 15 is 0 Å². The Hall–Kier alpha value is -0.830. The molecule has 0 spiro atoms. The van der Waals surface area contributed by atoms with Gasteiger partial charge in [-0.3, -0.25) is 0 Å². The van der Waals surface area contributed by atoms with Gasteiger partial charge in [-0.05, 0) is 25.0 Å². The summed E-state index contributed by atoms with van der Waals surface area (Å²) in [6, 6.07) is 8.45. The summed E-state index contributed by atoms with van der Waals surface area (Å²) in [7, 11) is 0. The van der Waals surface area contributed by atoms with Gasteiger partial charge in [0.2, 0.25) is 0 Å². The first-order valence-electron chi connectivity index (χ1n) is 6.75. The van der Waals surface area contributed by atoms with Gasteiger partial charge in [-0.15, -0.1) is 0 Å². The molecule has 0 bridgehead atoms. The molecule has 18 heavy (non-hydrogen) atoms. The van der Waals surface area contributed by atoms with Crippen molar-refractivity contribution in [3.05, 3.63) is 30.1 Å². The Morgan fingerprint density at radius 1 is 1.17 bits per heavy atom.